The van der Waals surface area contributed by atoms with Crippen molar-refractivity contribution in [1.82, 2.24) is 10.3 Å². The highest BCUT2D eigenvalue weighted by Gasteiger charge is 2.30. The molecular formula is C14H12ClF3N2O. The molecule has 1 heterocycles. The van der Waals surface area contributed by atoms with Gasteiger partial charge in [0.05, 0.1) is 17.5 Å². The van der Waals surface area contributed by atoms with Crippen molar-refractivity contribution in [2.24, 2.45) is 0 Å². The van der Waals surface area contributed by atoms with Crippen molar-refractivity contribution < 1.29 is 18.0 Å². The van der Waals surface area contributed by atoms with Crippen LogP contribution in [-0.4, -0.2) is 23.1 Å². The minimum Gasteiger partial charge on any atom is -0.349 e. The highest BCUT2D eigenvalue weighted by atomic mass is 35.5. The Balaban J connectivity index is 2.27. The third-order valence-corrected chi connectivity index (χ3v) is 3.04. The van der Waals surface area contributed by atoms with Gasteiger partial charge in [-0.3, -0.25) is 4.79 Å². The van der Waals surface area contributed by atoms with Crippen molar-refractivity contribution in [3.8, 4) is 0 Å². The van der Waals surface area contributed by atoms with Crippen LogP contribution >= 0.6 is 11.6 Å². The van der Waals surface area contributed by atoms with Gasteiger partial charge in [-0.2, -0.15) is 13.2 Å². The van der Waals surface area contributed by atoms with Gasteiger partial charge in [0.2, 0.25) is 0 Å². The number of fused-ring (bicyclic) bond motifs is 1. The molecule has 0 saturated heterocycles. The molecule has 1 N–H and O–H groups in total. The molecule has 3 nitrogen and oxygen atoms in total. The number of amides is 1. The molecule has 0 aliphatic heterocycles. The van der Waals surface area contributed by atoms with Gasteiger partial charge in [0.15, 0.2) is 0 Å². The number of carbonyl (C=O) groups excluding carboxylic acids is 1. The summed E-state index contributed by atoms with van der Waals surface area (Å²) in [5.41, 5.74) is 0.721. The van der Waals surface area contributed by atoms with Gasteiger partial charge in [0.25, 0.3) is 5.91 Å². The van der Waals surface area contributed by atoms with Gasteiger partial charge in [-0.15, -0.1) is 0 Å². The summed E-state index contributed by atoms with van der Waals surface area (Å²) in [6.07, 6.45) is -5.42. The highest BCUT2D eigenvalue weighted by molar-refractivity contribution is 6.30. The van der Waals surface area contributed by atoms with E-state index in [1.807, 2.05) is 0 Å². The Labute approximate surface area is 124 Å². The summed E-state index contributed by atoms with van der Waals surface area (Å²) < 4.78 is 36.9. The zero-order valence-electron chi connectivity index (χ0n) is 11.0. The minimum absolute atomic E-state index is 0.113. The first-order valence-electron chi connectivity index (χ1n) is 6.19. The van der Waals surface area contributed by atoms with E-state index in [1.54, 1.807) is 24.3 Å². The fraction of sp³-hybridized carbons (Fsp3) is 0.286. The number of rotatable bonds is 3. The van der Waals surface area contributed by atoms with Gasteiger partial charge in [-0.1, -0.05) is 29.8 Å². The second-order valence-corrected chi connectivity index (χ2v) is 5.09. The summed E-state index contributed by atoms with van der Waals surface area (Å²) in [4.78, 5) is 16.2. The number of hydrogen-bond donors (Lipinski definition) is 1. The largest absolute Gasteiger partial charge is 0.391 e. The normalized spacial score (nSPS) is 13.2. The standard InChI is InChI=1S/C14H12ClF3N2O/c1-8(7-14(16,17)18)19-13(21)10-6-12(15)20-11-5-3-2-4-9(10)11/h2-6,8H,7H2,1H3,(H,19,21). The molecule has 112 valence electrons. The quantitative estimate of drug-likeness (QED) is 0.871. The molecule has 1 amide bonds. The molecule has 7 heteroatoms. The summed E-state index contributed by atoms with van der Waals surface area (Å²) >= 11 is 5.84. The molecule has 2 aromatic rings. The third kappa shape index (κ3) is 4.07. The lowest BCUT2D eigenvalue weighted by molar-refractivity contribution is -0.138. The highest BCUT2D eigenvalue weighted by Crippen LogP contribution is 2.23. The summed E-state index contributed by atoms with van der Waals surface area (Å²) in [5, 5.41) is 2.98. The van der Waals surface area contributed by atoms with E-state index >= 15 is 0 Å². The number of benzene rings is 1. The smallest absolute Gasteiger partial charge is 0.349 e. The first-order valence-corrected chi connectivity index (χ1v) is 6.57. The number of carbonyl (C=O) groups is 1. The topological polar surface area (TPSA) is 42.0 Å². The van der Waals surface area contributed by atoms with Crippen LogP contribution < -0.4 is 5.32 Å². The van der Waals surface area contributed by atoms with Crippen molar-refractivity contribution >= 4 is 28.4 Å². The van der Waals surface area contributed by atoms with Crippen molar-refractivity contribution in [3.63, 3.8) is 0 Å². The summed E-state index contributed by atoms with van der Waals surface area (Å²) in [5.74, 6) is -0.604. The molecule has 0 saturated carbocycles. The maximum Gasteiger partial charge on any atom is 0.391 e. The molecule has 0 bridgehead atoms. The molecule has 1 aromatic carbocycles. The van der Waals surface area contributed by atoms with Crippen molar-refractivity contribution in [1.29, 1.82) is 0 Å². The molecule has 2 rings (SSSR count). The predicted molar refractivity (Wildman–Crippen MR) is 74.4 cm³/mol. The second kappa shape index (κ2) is 5.89. The Morgan fingerprint density at radius 3 is 2.71 bits per heavy atom. The first kappa shape index (κ1) is 15.6. The molecule has 1 unspecified atom stereocenters. The van der Waals surface area contributed by atoms with Crippen molar-refractivity contribution in [3.05, 3.63) is 41.0 Å². The minimum atomic E-state index is -4.33. The average Bonchev–Trinajstić information content (AvgIpc) is 2.35. The zero-order valence-corrected chi connectivity index (χ0v) is 11.8. The lowest BCUT2D eigenvalue weighted by Crippen LogP contribution is -2.36. The molecular weight excluding hydrogens is 305 g/mol. The van der Waals surface area contributed by atoms with Gasteiger partial charge < -0.3 is 5.32 Å². The third-order valence-electron chi connectivity index (χ3n) is 2.84. The molecule has 0 radical (unpaired) electrons. The molecule has 0 fully saturated rings. The number of halogens is 4. The van der Waals surface area contributed by atoms with Crippen LogP contribution in [0.4, 0.5) is 13.2 Å². The van der Waals surface area contributed by atoms with E-state index in [0.717, 1.165) is 0 Å². The van der Waals surface area contributed by atoms with Crippen LogP contribution in [0.25, 0.3) is 10.9 Å². The van der Waals surface area contributed by atoms with Crippen LogP contribution in [0.5, 0.6) is 0 Å². The van der Waals surface area contributed by atoms with Crippen LogP contribution in [-0.2, 0) is 0 Å². The Morgan fingerprint density at radius 1 is 1.38 bits per heavy atom. The maximum atomic E-state index is 12.3. The van der Waals surface area contributed by atoms with Crippen molar-refractivity contribution in [2.75, 3.05) is 0 Å². The second-order valence-electron chi connectivity index (χ2n) is 4.70. The van der Waals surface area contributed by atoms with Crippen LogP contribution in [0.1, 0.15) is 23.7 Å². The van der Waals surface area contributed by atoms with E-state index < -0.39 is 24.5 Å². The number of alkyl halides is 3. The fourth-order valence-electron chi connectivity index (χ4n) is 2.03. The number of nitrogens with zero attached hydrogens (tertiary/aromatic N) is 1. The van der Waals surface area contributed by atoms with Gasteiger partial charge in [0, 0.05) is 11.4 Å². The van der Waals surface area contributed by atoms with Gasteiger partial charge in [-0.05, 0) is 19.1 Å². The molecule has 0 aliphatic rings. The van der Waals surface area contributed by atoms with E-state index in [0.29, 0.717) is 10.9 Å². The van der Waals surface area contributed by atoms with E-state index in [2.05, 4.69) is 10.3 Å². The van der Waals surface area contributed by atoms with E-state index in [9.17, 15) is 18.0 Å². The number of aromatic nitrogens is 1. The van der Waals surface area contributed by atoms with Crippen LogP contribution in [0.3, 0.4) is 0 Å². The Bertz CT molecular complexity index is 673. The summed E-state index contributed by atoms with van der Waals surface area (Å²) in [6.45, 7) is 1.30. The Kier molecular flexibility index (Phi) is 4.37. The van der Waals surface area contributed by atoms with Gasteiger partial charge in [-0.25, -0.2) is 4.98 Å². The number of hydrogen-bond acceptors (Lipinski definition) is 2. The lowest BCUT2D eigenvalue weighted by Gasteiger charge is -2.16. The monoisotopic (exact) mass is 316 g/mol. The van der Waals surface area contributed by atoms with Gasteiger partial charge >= 0.3 is 6.18 Å². The molecule has 21 heavy (non-hydrogen) atoms. The zero-order chi connectivity index (χ0) is 15.6. The lowest BCUT2D eigenvalue weighted by atomic mass is 10.1. The van der Waals surface area contributed by atoms with Crippen molar-refractivity contribution in [2.45, 2.75) is 25.6 Å². The number of nitrogens with one attached hydrogen (secondary N) is 1. The fourth-order valence-corrected chi connectivity index (χ4v) is 2.23. The van der Waals surface area contributed by atoms with Gasteiger partial charge in [0.1, 0.15) is 5.15 Å². The Hall–Kier alpha value is -1.82. The molecule has 0 spiro atoms. The van der Waals surface area contributed by atoms with Crippen LogP contribution in [0, 0.1) is 0 Å². The molecule has 1 aromatic heterocycles. The average molecular weight is 317 g/mol. The maximum absolute atomic E-state index is 12.3. The predicted octanol–water partition coefficient (Wildman–Crippen LogP) is 3.96. The van der Waals surface area contributed by atoms with Crippen LogP contribution in [0.15, 0.2) is 30.3 Å². The van der Waals surface area contributed by atoms with E-state index in [1.165, 1.54) is 13.0 Å². The molecule has 1 atom stereocenters. The molecule has 0 aliphatic carbocycles. The summed E-state index contributed by atoms with van der Waals surface area (Å²) in [6, 6.07) is 7.12. The van der Waals surface area contributed by atoms with E-state index in [-0.39, 0.29) is 10.7 Å². The van der Waals surface area contributed by atoms with Crippen LogP contribution in [0.2, 0.25) is 5.15 Å². The number of para-hydroxylation sites is 1. The summed E-state index contributed by atoms with van der Waals surface area (Å²) in [7, 11) is 0. The van der Waals surface area contributed by atoms with E-state index in [4.69, 9.17) is 11.6 Å². The number of pyridine rings is 1. The first-order chi connectivity index (χ1) is 9.76. The Morgan fingerprint density at radius 2 is 2.05 bits per heavy atom. The SMILES string of the molecule is CC(CC(F)(F)F)NC(=O)c1cc(Cl)nc2ccccc12.